The Bertz CT molecular complexity index is 607. The number of rotatable bonds is 2. The summed E-state index contributed by atoms with van der Waals surface area (Å²) in [5.74, 6) is 0. The van der Waals surface area contributed by atoms with Crippen molar-refractivity contribution >= 4 is 33.2 Å². The quantitative estimate of drug-likeness (QED) is 0.788. The zero-order chi connectivity index (χ0) is 13.4. The largest absolute Gasteiger partial charge is 0.376 e. The minimum Gasteiger partial charge on any atom is -0.376 e. The van der Waals surface area contributed by atoms with Gasteiger partial charge >= 0.3 is 0 Å². The highest BCUT2D eigenvalue weighted by Gasteiger charge is 2.23. The number of halogens is 2. The highest BCUT2D eigenvalue weighted by atomic mass is 79.9. The lowest BCUT2D eigenvalue weighted by atomic mass is 10.1. The van der Waals surface area contributed by atoms with E-state index in [1.165, 1.54) is 11.1 Å². The Morgan fingerprint density at radius 2 is 2.21 bits per heavy atom. The van der Waals surface area contributed by atoms with Crippen molar-refractivity contribution in [2.45, 2.75) is 25.8 Å². The van der Waals surface area contributed by atoms with Crippen molar-refractivity contribution < 1.29 is 0 Å². The summed E-state index contributed by atoms with van der Waals surface area (Å²) < 4.78 is 1.14. The summed E-state index contributed by atoms with van der Waals surface area (Å²) in [4.78, 5) is 4.15. The van der Waals surface area contributed by atoms with Crippen molar-refractivity contribution in [2.75, 3.05) is 5.32 Å². The number of fused-ring (bicyclic) bond motifs is 1. The molecule has 0 spiro atoms. The summed E-state index contributed by atoms with van der Waals surface area (Å²) >= 11 is 9.70. The molecule has 2 aromatic rings. The van der Waals surface area contributed by atoms with Crippen molar-refractivity contribution in [2.24, 2.45) is 0 Å². The topological polar surface area (TPSA) is 24.9 Å². The zero-order valence-electron chi connectivity index (χ0n) is 10.6. The number of nitrogens with one attached hydrogen (secondary N) is 1. The van der Waals surface area contributed by atoms with Crippen molar-refractivity contribution in [3.8, 4) is 0 Å². The molecule has 1 aliphatic rings. The van der Waals surface area contributed by atoms with Gasteiger partial charge in [-0.3, -0.25) is 0 Å². The second-order valence-electron chi connectivity index (χ2n) is 4.87. The Morgan fingerprint density at radius 1 is 1.37 bits per heavy atom. The standard InChI is InChI=1S/C15H14BrClN2/c1-9-6-7-18-15(17)14(9)19-13-5-2-10-8-11(16)3-4-12(10)13/h3-4,6-8,13,19H,2,5H2,1H3. The molecule has 0 bridgehead atoms. The highest BCUT2D eigenvalue weighted by molar-refractivity contribution is 9.10. The molecule has 0 aliphatic heterocycles. The van der Waals surface area contributed by atoms with Crippen molar-refractivity contribution in [1.29, 1.82) is 0 Å². The van der Waals surface area contributed by atoms with Gasteiger partial charge in [-0.1, -0.05) is 33.6 Å². The summed E-state index contributed by atoms with van der Waals surface area (Å²) in [5, 5.41) is 4.09. The first-order chi connectivity index (χ1) is 9.15. The van der Waals surface area contributed by atoms with Crippen LogP contribution in [0.3, 0.4) is 0 Å². The fraction of sp³-hybridized carbons (Fsp3) is 0.267. The number of pyridine rings is 1. The van der Waals surface area contributed by atoms with E-state index in [1.807, 2.05) is 13.0 Å². The lowest BCUT2D eigenvalue weighted by Gasteiger charge is -2.18. The molecule has 0 saturated carbocycles. The van der Waals surface area contributed by atoms with E-state index in [0.717, 1.165) is 28.6 Å². The van der Waals surface area contributed by atoms with Gasteiger partial charge in [-0.15, -0.1) is 0 Å². The van der Waals surface area contributed by atoms with E-state index in [4.69, 9.17) is 11.6 Å². The molecule has 1 aromatic carbocycles. The van der Waals surface area contributed by atoms with Gasteiger partial charge in [-0.2, -0.15) is 0 Å². The SMILES string of the molecule is Cc1ccnc(Cl)c1NC1CCc2cc(Br)ccc21. The molecule has 1 aromatic heterocycles. The molecule has 3 rings (SSSR count). The predicted octanol–water partition coefficient (Wildman–Crippen LogP) is 4.91. The third kappa shape index (κ3) is 2.49. The summed E-state index contributed by atoms with van der Waals surface area (Å²) in [5.41, 5.74) is 4.85. The Balaban J connectivity index is 1.91. The number of benzene rings is 1. The van der Waals surface area contributed by atoms with E-state index in [-0.39, 0.29) is 0 Å². The van der Waals surface area contributed by atoms with Gasteiger partial charge in [0.15, 0.2) is 5.15 Å². The molecule has 1 heterocycles. The van der Waals surface area contributed by atoms with Gasteiger partial charge in [0, 0.05) is 10.7 Å². The maximum Gasteiger partial charge on any atom is 0.152 e. The molecular weight excluding hydrogens is 324 g/mol. The van der Waals surface area contributed by atoms with Crippen LogP contribution in [0.2, 0.25) is 5.15 Å². The third-order valence-corrected chi connectivity index (χ3v) is 4.39. The van der Waals surface area contributed by atoms with Crippen molar-refractivity contribution in [3.63, 3.8) is 0 Å². The molecule has 0 saturated heterocycles. The highest BCUT2D eigenvalue weighted by Crippen LogP contribution is 2.37. The van der Waals surface area contributed by atoms with Crippen LogP contribution in [0, 0.1) is 6.92 Å². The van der Waals surface area contributed by atoms with Crippen molar-refractivity contribution in [3.05, 3.63) is 56.8 Å². The van der Waals surface area contributed by atoms with Crippen LogP contribution in [0.1, 0.15) is 29.2 Å². The molecule has 1 N–H and O–H groups in total. The van der Waals surface area contributed by atoms with Crippen LogP contribution in [-0.2, 0) is 6.42 Å². The number of hydrogen-bond donors (Lipinski definition) is 1. The van der Waals surface area contributed by atoms with Crippen LogP contribution in [0.25, 0.3) is 0 Å². The molecule has 0 radical (unpaired) electrons. The molecule has 4 heteroatoms. The van der Waals surface area contributed by atoms with Crippen LogP contribution in [0.5, 0.6) is 0 Å². The first kappa shape index (κ1) is 12.9. The fourth-order valence-electron chi connectivity index (χ4n) is 2.61. The average molecular weight is 338 g/mol. The molecule has 0 amide bonds. The lowest BCUT2D eigenvalue weighted by molar-refractivity contribution is 0.760. The molecular formula is C15H14BrClN2. The maximum absolute atomic E-state index is 6.18. The van der Waals surface area contributed by atoms with Crippen LogP contribution < -0.4 is 5.32 Å². The van der Waals surface area contributed by atoms with Crippen molar-refractivity contribution in [1.82, 2.24) is 4.98 Å². The number of aromatic nitrogens is 1. The van der Waals surface area contributed by atoms with Crippen LogP contribution >= 0.6 is 27.5 Å². The molecule has 2 nitrogen and oxygen atoms in total. The minimum atomic E-state index is 0.323. The van der Waals surface area contributed by atoms with Crippen LogP contribution in [0.4, 0.5) is 5.69 Å². The first-order valence-electron chi connectivity index (χ1n) is 6.31. The second kappa shape index (κ2) is 5.14. The Kier molecular flexibility index (Phi) is 3.50. The van der Waals surface area contributed by atoms with E-state index >= 15 is 0 Å². The first-order valence-corrected chi connectivity index (χ1v) is 7.48. The summed E-state index contributed by atoms with van der Waals surface area (Å²) in [7, 11) is 0. The van der Waals surface area contributed by atoms with Gasteiger partial charge < -0.3 is 5.32 Å². The van der Waals surface area contributed by atoms with Gasteiger partial charge in [-0.05, 0) is 54.7 Å². The zero-order valence-corrected chi connectivity index (χ0v) is 12.9. The fourth-order valence-corrected chi connectivity index (χ4v) is 3.28. The molecule has 1 aliphatic carbocycles. The Morgan fingerprint density at radius 3 is 3.00 bits per heavy atom. The number of hydrogen-bond acceptors (Lipinski definition) is 2. The lowest BCUT2D eigenvalue weighted by Crippen LogP contribution is -2.09. The monoisotopic (exact) mass is 336 g/mol. The molecule has 19 heavy (non-hydrogen) atoms. The second-order valence-corrected chi connectivity index (χ2v) is 6.15. The number of nitrogens with zero attached hydrogens (tertiary/aromatic N) is 1. The summed E-state index contributed by atoms with van der Waals surface area (Å²) in [6.45, 7) is 2.05. The molecule has 1 unspecified atom stereocenters. The Hall–Kier alpha value is -1.06. The average Bonchev–Trinajstić information content (AvgIpc) is 2.76. The van der Waals surface area contributed by atoms with Gasteiger partial charge in [0.05, 0.1) is 11.7 Å². The normalized spacial score (nSPS) is 17.3. The minimum absolute atomic E-state index is 0.323. The maximum atomic E-state index is 6.18. The molecule has 98 valence electrons. The smallest absolute Gasteiger partial charge is 0.152 e. The van der Waals surface area contributed by atoms with E-state index < -0.39 is 0 Å². The van der Waals surface area contributed by atoms with E-state index in [0.29, 0.717) is 11.2 Å². The summed E-state index contributed by atoms with van der Waals surface area (Å²) in [6, 6.07) is 8.78. The Labute approximate surface area is 126 Å². The van der Waals surface area contributed by atoms with Gasteiger partial charge in [0.2, 0.25) is 0 Å². The van der Waals surface area contributed by atoms with E-state index in [2.05, 4.69) is 44.4 Å². The number of aryl methyl sites for hydroxylation is 2. The third-order valence-electron chi connectivity index (χ3n) is 3.61. The predicted molar refractivity (Wildman–Crippen MR) is 82.8 cm³/mol. The van der Waals surface area contributed by atoms with Crippen LogP contribution in [-0.4, -0.2) is 4.98 Å². The van der Waals surface area contributed by atoms with Crippen LogP contribution in [0.15, 0.2) is 34.9 Å². The van der Waals surface area contributed by atoms with Gasteiger partial charge in [0.1, 0.15) is 0 Å². The van der Waals surface area contributed by atoms with E-state index in [9.17, 15) is 0 Å². The van der Waals surface area contributed by atoms with Gasteiger partial charge in [0.25, 0.3) is 0 Å². The summed E-state index contributed by atoms with van der Waals surface area (Å²) in [6.07, 6.45) is 3.93. The van der Waals surface area contributed by atoms with E-state index in [1.54, 1.807) is 6.20 Å². The van der Waals surface area contributed by atoms with Gasteiger partial charge in [-0.25, -0.2) is 4.98 Å². The molecule has 1 atom stereocenters. The molecule has 0 fully saturated rings. The number of anilines is 1.